The Morgan fingerprint density at radius 1 is 1.20 bits per heavy atom. The van der Waals surface area contributed by atoms with Crippen molar-refractivity contribution in [3.05, 3.63) is 0 Å². The molecule has 1 heterocycles. The molecule has 0 unspecified atom stereocenters. The van der Waals surface area contributed by atoms with E-state index >= 15 is 0 Å². The van der Waals surface area contributed by atoms with E-state index in [1.807, 2.05) is 0 Å². The fourth-order valence-corrected chi connectivity index (χ4v) is 2.18. The summed E-state index contributed by atoms with van der Waals surface area (Å²) in [5.41, 5.74) is 5.86. The average molecular weight is 141 g/mol. The topological polar surface area (TPSA) is 35.2 Å². The summed E-state index contributed by atoms with van der Waals surface area (Å²) in [6.07, 6.45) is 5.76. The Morgan fingerprint density at radius 3 is 2.80 bits per heavy atom. The zero-order valence-electron chi connectivity index (χ0n) is 6.25. The van der Waals surface area contributed by atoms with Gasteiger partial charge in [0, 0.05) is 12.0 Å². The lowest BCUT2D eigenvalue weighted by molar-refractivity contribution is 0.0663. The van der Waals surface area contributed by atoms with Crippen LogP contribution in [0.15, 0.2) is 0 Å². The fourth-order valence-electron chi connectivity index (χ4n) is 2.18. The third-order valence-electron chi connectivity index (χ3n) is 2.81. The van der Waals surface area contributed by atoms with Crippen LogP contribution in [0.1, 0.15) is 25.7 Å². The Labute approximate surface area is 61.7 Å². The Morgan fingerprint density at radius 2 is 2.00 bits per heavy atom. The first-order valence-corrected chi connectivity index (χ1v) is 4.25. The lowest BCUT2D eigenvalue weighted by atomic mass is 9.84. The van der Waals surface area contributed by atoms with Gasteiger partial charge in [-0.2, -0.15) is 0 Å². The zero-order chi connectivity index (χ0) is 6.97. The number of fused-ring (bicyclic) bond motifs is 1. The standard InChI is InChI=1S/C8H15NO/c9-7-5-10-8-4-2-1-3-6(7)8/h6-8H,1-5,9H2/t6-,7+,8+/m0/s1. The Kier molecular flexibility index (Phi) is 1.66. The van der Waals surface area contributed by atoms with Crippen molar-refractivity contribution in [3.63, 3.8) is 0 Å². The molecule has 2 rings (SSSR count). The molecule has 1 saturated heterocycles. The number of nitrogens with two attached hydrogens (primary N) is 1. The summed E-state index contributed by atoms with van der Waals surface area (Å²) in [6.45, 7) is 0.801. The molecular formula is C8H15NO. The maximum atomic E-state index is 5.86. The molecule has 1 saturated carbocycles. The summed E-state index contributed by atoms with van der Waals surface area (Å²) >= 11 is 0. The summed E-state index contributed by atoms with van der Waals surface area (Å²) in [5.74, 6) is 0.689. The largest absolute Gasteiger partial charge is 0.376 e. The molecule has 0 aromatic carbocycles. The molecule has 0 spiro atoms. The third-order valence-corrected chi connectivity index (χ3v) is 2.81. The van der Waals surface area contributed by atoms with Crippen LogP contribution in [0.2, 0.25) is 0 Å². The van der Waals surface area contributed by atoms with Gasteiger partial charge in [0.2, 0.25) is 0 Å². The molecule has 2 aliphatic rings. The zero-order valence-corrected chi connectivity index (χ0v) is 6.25. The van der Waals surface area contributed by atoms with Crippen LogP contribution >= 0.6 is 0 Å². The van der Waals surface area contributed by atoms with Gasteiger partial charge in [0.15, 0.2) is 0 Å². The van der Waals surface area contributed by atoms with Gasteiger partial charge in [0.05, 0.1) is 12.7 Å². The Balaban J connectivity index is 2.01. The number of hydrogen-bond donors (Lipinski definition) is 1. The van der Waals surface area contributed by atoms with E-state index in [-0.39, 0.29) is 0 Å². The molecule has 3 atom stereocenters. The first-order chi connectivity index (χ1) is 4.88. The van der Waals surface area contributed by atoms with Crippen molar-refractivity contribution in [2.75, 3.05) is 6.61 Å². The van der Waals surface area contributed by atoms with E-state index in [1.54, 1.807) is 0 Å². The monoisotopic (exact) mass is 141 g/mol. The van der Waals surface area contributed by atoms with Crippen molar-refractivity contribution in [3.8, 4) is 0 Å². The van der Waals surface area contributed by atoms with Crippen molar-refractivity contribution in [2.24, 2.45) is 11.7 Å². The maximum Gasteiger partial charge on any atom is 0.0625 e. The van der Waals surface area contributed by atoms with Crippen LogP contribution in [0.3, 0.4) is 0 Å². The molecule has 0 aromatic heterocycles. The van der Waals surface area contributed by atoms with Crippen LogP contribution in [0, 0.1) is 5.92 Å². The normalized spacial score (nSPS) is 47.1. The van der Waals surface area contributed by atoms with E-state index in [4.69, 9.17) is 10.5 Å². The molecule has 1 aliphatic carbocycles. The molecule has 2 N–H and O–H groups in total. The van der Waals surface area contributed by atoms with Gasteiger partial charge >= 0.3 is 0 Å². The van der Waals surface area contributed by atoms with E-state index in [2.05, 4.69) is 0 Å². The summed E-state index contributed by atoms with van der Waals surface area (Å²) in [4.78, 5) is 0. The van der Waals surface area contributed by atoms with Crippen LogP contribution in [-0.2, 0) is 4.74 Å². The third kappa shape index (κ3) is 0.956. The molecule has 0 aromatic rings. The average Bonchev–Trinajstić information content (AvgIpc) is 2.34. The van der Waals surface area contributed by atoms with Gasteiger partial charge in [-0.25, -0.2) is 0 Å². The minimum Gasteiger partial charge on any atom is -0.376 e. The van der Waals surface area contributed by atoms with Gasteiger partial charge < -0.3 is 10.5 Å². The summed E-state index contributed by atoms with van der Waals surface area (Å²) in [7, 11) is 0. The van der Waals surface area contributed by atoms with Crippen molar-refractivity contribution in [1.82, 2.24) is 0 Å². The smallest absolute Gasteiger partial charge is 0.0625 e. The molecule has 0 amide bonds. The summed E-state index contributed by atoms with van der Waals surface area (Å²) < 4.78 is 5.54. The molecule has 2 fully saturated rings. The second-order valence-electron chi connectivity index (χ2n) is 3.48. The molecule has 0 bridgehead atoms. The molecule has 58 valence electrons. The summed E-state index contributed by atoms with van der Waals surface area (Å²) in [6, 6.07) is 0.338. The predicted molar refractivity (Wildman–Crippen MR) is 39.7 cm³/mol. The molecule has 1 aliphatic heterocycles. The number of ether oxygens (including phenoxy) is 1. The highest BCUT2D eigenvalue weighted by atomic mass is 16.5. The highest BCUT2D eigenvalue weighted by molar-refractivity contribution is 4.88. The Hall–Kier alpha value is -0.0800. The van der Waals surface area contributed by atoms with Crippen molar-refractivity contribution in [1.29, 1.82) is 0 Å². The van der Waals surface area contributed by atoms with Gasteiger partial charge in [-0.1, -0.05) is 12.8 Å². The minimum atomic E-state index is 0.338. The second-order valence-corrected chi connectivity index (χ2v) is 3.48. The van der Waals surface area contributed by atoms with Crippen molar-refractivity contribution < 1.29 is 4.74 Å². The fraction of sp³-hybridized carbons (Fsp3) is 1.00. The van der Waals surface area contributed by atoms with Crippen LogP contribution in [0.5, 0.6) is 0 Å². The van der Waals surface area contributed by atoms with Gasteiger partial charge in [-0.05, 0) is 12.8 Å². The predicted octanol–water partition coefficient (Wildman–Crippen LogP) is 0.903. The first kappa shape index (κ1) is 6.62. The van der Waals surface area contributed by atoms with Gasteiger partial charge in [-0.3, -0.25) is 0 Å². The van der Waals surface area contributed by atoms with E-state index in [0.717, 1.165) is 6.61 Å². The first-order valence-electron chi connectivity index (χ1n) is 4.25. The molecule has 0 radical (unpaired) electrons. The van der Waals surface area contributed by atoms with E-state index in [9.17, 15) is 0 Å². The van der Waals surface area contributed by atoms with E-state index in [1.165, 1.54) is 25.7 Å². The van der Waals surface area contributed by atoms with Gasteiger partial charge in [0.25, 0.3) is 0 Å². The maximum absolute atomic E-state index is 5.86. The van der Waals surface area contributed by atoms with E-state index < -0.39 is 0 Å². The SMILES string of the molecule is N[C@@H]1CO[C@@H]2CCCC[C@@H]12. The number of hydrogen-bond acceptors (Lipinski definition) is 2. The Bertz CT molecular complexity index is 124. The molecule has 2 heteroatoms. The summed E-state index contributed by atoms with van der Waals surface area (Å²) in [5, 5.41) is 0. The van der Waals surface area contributed by atoms with Crippen LogP contribution in [0.4, 0.5) is 0 Å². The molecule has 2 nitrogen and oxygen atoms in total. The van der Waals surface area contributed by atoms with E-state index in [0.29, 0.717) is 18.1 Å². The lowest BCUT2D eigenvalue weighted by Gasteiger charge is -2.25. The van der Waals surface area contributed by atoms with Crippen molar-refractivity contribution in [2.45, 2.75) is 37.8 Å². The highest BCUT2D eigenvalue weighted by Gasteiger charge is 2.36. The lowest BCUT2D eigenvalue weighted by Crippen LogP contribution is -2.33. The second kappa shape index (κ2) is 2.51. The quantitative estimate of drug-likeness (QED) is 0.544. The number of rotatable bonds is 0. The minimum absolute atomic E-state index is 0.338. The van der Waals surface area contributed by atoms with Crippen LogP contribution in [0.25, 0.3) is 0 Å². The van der Waals surface area contributed by atoms with Crippen LogP contribution in [-0.4, -0.2) is 18.8 Å². The van der Waals surface area contributed by atoms with Crippen LogP contribution < -0.4 is 5.73 Å². The molecular weight excluding hydrogens is 126 g/mol. The van der Waals surface area contributed by atoms with Gasteiger partial charge in [-0.15, -0.1) is 0 Å². The molecule has 10 heavy (non-hydrogen) atoms. The van der Waals surface area contributed by atoms with Gasteiger partial charge in [0.1, 0.15) is 0 Å². The van der Waals surface area contributed by atoms with Crippen molar-refractivity contribution >= 4 is 0 Å². The highest BCUT2D eigenvalue weighted by Crippen LogP contribution is 2.33.